The van der Waals surface area contributed by atoms with Crippen LogP contribution in [0.4, 0.5) is 0 Å². The number of nitrogens with two attached hydrogens (primary N) is 2. The fourth-order valence-corrected chi connectivity index (χ4v) is 1.15. The average molecular weight is 253 g/mol. The van der Waals surface area contributed by atoms with Gasteiger partial charge in [-0.1, -0.05) is 0 Å². The maximum Gasteiger partial charge on any atom is 0.321 e. The number of aliphatic carboxylic acids is 1. The molecule has 0 aromatic heterocycles. The van der Waals surface area contributed by atoms with Crippen LogP contribution < -0.4 is 15.8 Å². The van der Waals surface area contributed by atoms with E-state index in [1.807, 2.05) is 0 Å². The number of halogens is 1. The SMILES string of the molecule is NC(N)=NCCC[C@H](NBr)C(=O)O. The Morgan fingerprint density at radius 3 is 2.62 bits per heavy atom. The molecule has 0 rings (SSSR count). The van der Waals surface area contributed by atoms with E-state index in [0.717, 1.165) is 0 Å². The third-order valence-electron chi connectivity index (χ3n) is 1.38. The van der Waals surface area contributed by atoms with Gasteiger partial charge < -0.3 is 16.6 Å². The molecule has 0 aliphatic carbocycles. The minimum Gasteiger partial charge on any atom is -0.480 e. The highest BCUT2D eigenvalue weighted by atomic mass is 79.9. The molecule has 0 aliphatic heterocycles. The van der Waals surface area contributed by atoms with Gasteiger partial charge in [-0.25, -0.2) is 4.34 Å². The Morgan fingerprint density at radius 2 is 2.23 bits per heavy atom. The average Bonchev–Trinajstić information content (AvgIpc) is 2.03. The van der Waals surface area contributed by atoms with Gasteiger partial charge in [0.25, 0.3) is 0 Å². The Labute approximate surface area is 84.7 Å². The van der Waals surface area contributed by atoms with Crippen molar-refractivity contribution in [2.75, 3.05) is 6.54 Å². The Morgan fingerprint density at radius 1 is 1.62 bits per heavy atom. The second-order valence-corrected chi connectivity index (χ2v) is 2.91. The summed E-state index contributed by atoms with van der Waals surface area (Å²) >= 11 is 2.88. The first-order valence-electron chi connectivity index (χ1n) is 3.72. The lowest BCUT2D eigenvalue weighted by molar-refractivity contribution is -0.139. The highest BCUT2D eigenvalue weighted by Crippen LogP contribution is 1.99. The van der Waals surface area contributed by atoms with Crippen molar-refractivity contribution in [1.82, 2.24) is 4.34 Å². The number of carboxylic acids is 1. The zero-order valence-electron chi connectivity index (χ0n) is 7.03. The Bertz CT molecular complexity index is 193. The lowest BCUT2D eigenvalue weighted by Gasteiger charge is -2.07. The van der Waals surface area contributed by atoms with Gasteiger partial charge in [0.2, 0.25) is 0 Å². The molecule has 13 heavy (non-hydrogen) atoms. The topological polar surface area (TPSA) is 114 Å². The summed E-state index contributed by atoms with van der Waals surface area (Å²) in [6.45, 7) is 0.445. The third kappa shape index (κ3) is 6.35. The Kier molecular flexibility index (Phi) is 6.25. The van der Waals surface area contributed by atoms with Gasteiger partial charge in [-0.05, 0) is 12.8 Å². The zero-order chi connectivity index (χ0) is 10.3. The van der Waals surface area contributed by atoms with E-state index in [0.29, 0.717) is 19.4 Å². The molecule has 0 spiro atoms. The van der Waals surface area contributed by atoms with Crippen LogP contribution in [0, 0.1) is 0 Å². The molecule has 0 unspecified atom stereocenters. The molecule has 0 saturated carbocycles. The quantitative estimate of drug-likeness (QED) is 0.218. The van der Waals surface area contributed by atoms with Crippen LogP contribution in [0.5, 0.6) is 0 Å². The molecule has 0 radical (unpaired) electrons. The third-order valence-corrected chi connectivity index (χ3v) is 1.93. The fourth-order valence-electron chi connectivity index (χ4n) is 0.728. The lowest BCUT2D eigenvalue weighted by atomic mass is 10.2. The van der Waals surface area contributed by atoms with Crippen LogP contribution in [0.2, 0.25) is 0 Å². The molecule has 0 aromatic carbocycles. The number of hydrogen-bond acceptors (Lipinski definition) is 3. The normalized spacial score (nSPS) is 12.1. The maximum atomic E-state index is 10.5. The maximum absolute atomic E-state index is 10.5. The van der Waals surface area contributed by atoms with Crippen molar-refractivity contribution in [2.45, 2.75) is 18.9 Å². The summed E-state index contributed by atoms with van der Waals surface area (Å²) in [5.41, 5.74) is 10.2. The van der Waals surface area contributed by atoms with E-state index in [2.05, 4.69) is 25.5 Å². The molecule has 6 nitrogen and oxygen atoms in total. The minimum absolute atomic E-state index is 0.0266. The molecular formula is C6H13BrN4O2. The summed E-state index contributed by atoms with van der Waals surface area (Å²) in [5, 5.41) is 8.60. The minimum atomic E-state index is -0.901. The molecule has 0 aromatic rings. The van der Waals surface area contributed by atoms with Crippen molar-refractivity contribution in [1.29, 1.82) is 0 Å². The molecule has 0 saturated heterocycles. The number of carbonyl (C=O) groups is 1. The van der Waals surface area contributed by atoms with E-state index >= 15 is 0 Å². The largest absolute Gasteiger partial charge is 0.480 e. The molecule has 1 atom stereocenters. The van der Waals surface area contributed by atoms with Crippen LogP contribution in [0.1, 0.15) is 12.8 Å². The smallest absolute Gasteiger partial charge is 0.321 e. The van der Waals surface area contributed by atoms with Crippen molar-refractivity contribution < 1.29 is 9.90 Å². The number of guanidine groups is 1. The number of aliphatic imine (C=N–C) groups is 1. The predicted octanol–water partition coefficient (Wildman–Crippen LogP) is -0.607. The van der Waals surface area contributed by atoms with Crippen molar-refractivity contribution >= 4 is 28.1 Å². The van der Waals surface area contributed by atoms with Gasteiger partial charge in [-0.3, -0.25) is 9.79 Å². The molecule has 7 heteroatoms. The van der Waals surface area contributed by atoms with Crippen LogP contribution in [-0.2, 0) is 4.79 Å². The lowest BCUT2D eigenvalue weighted by Crippen LogP contribution is -2.30. The summed E-state index contributed by atoms with van der Waals surface area (Å²) in [7, 11) is 0. The summed E-state index contributed by atoms with van der Waals surface area (Å²) in [6, 6.07) is -0.603. The number of nitrogens with one attached hydrogen (secondary N) is 1. The van der Waals surface area contributed by atoms with Gasteiger partial charge in [0.05, 0.1) is 0 Å². The Hall–Kier alpha value is -0.820. The number of nitrogens with zero attached hydrogens (tertiary/aromatic N) is 1. The summed E-state index contributed by atoms with van der Waals surface area (Å²) in [5.74, 6) is -0.875. The van der Waals surface area contributed by atoms with E-state index in [4.69, 9.17) is 16.6 Å². The van der Waals surface area contributed by atoms with Gasteiger partial charge in [0.1, 0.15) is 6.04 Å². The highest BCUT2D eigenvalue weighted by Gasteiger charge is 2.14. The van der Waals surface area contributed by atoms with Crippen LogP contribution in [0.15, 0.2) is 4.99 Å². The standard InChI is InChI=1S/C6H13BrN4O2/c7-11-4(5(12)13)2-1-3-10-6(8)9/h4,11H,1-3H2,(H,12,13)(H4,8,9,10)/t4-/m0/s1. The van der Waals surface area contributed by atoms with Crippen LogP contribution in [0.25, 0.3) is 0 Å². The predicted molar refractivity (Wildman–Crippen MR) is 53.4 cm³/mol. The summed E-state index contributed by atoms with van der Waals surface area (Å²) < 4.78 is 2.49. The van der Waals surface area contributed by atoms with Gasteiger partial charge in [-0.2, -0.15) is 0 Å². The van der Waals surface area contributed by atoms with Crippen LogP contribution in [0.3, 0.4) is 0 Å². The molecule has 0 fully saturated rings. The molecule has 0 aliphatic rings. The van der Waals surface area contributed by atoms with Crippen molar-refractivity contribution in [3.63, 3.8) is 0 Å². The molecule has 0 bridgehead atoms. The van der Waals surface area contributed by atoms with Crippen molar-refractivity contribution in [3.05, 3.63) is 0 Å². The summed E-state index contributed by atoms with van der Waals surface area (Å²) in [4.78, 5) is 14.2. The van der Waals surface area contributed by atoms with E-state index in [9.17, 15) is 4.79 Å². The van der Waals surface area contributed by atoms with Gasteiger partial charge in [0, 0.05) is 22.7 Å². The van der Waals surface area contributed by atoms with Gasteiger partial charge >= 0.3 is 5.97 Å². The van der Waals surface area contributed by atoms with E-state index in [-0.39, 0.29) is 5.96 Å². The molecule has 76 valence electrons. The van der Waals surface area contributed by atoms with Gasteiger partial charge in [-0.15, -0.1) is 0 Å². The Balaban J connectivity index is 3.62. The zero-order valence-corrected chi connectivity index (χ0v) is 8.62. The monoisotopic (exact) mass is 252 g/mol. The second kappa shape index (κ2) is 6.67. The van der Waals surface area contributed by atoms with E-state index in [1.54, 1.807) is 0 Å². The second-order valence-electron chi connectivity index (χ2n) is 2.45. The first-order valence-corrected chi connectivity index (χ1v) is 4.51. The van der Waals surface area contributed by atoms with Crippen LogP contribution in [-0.4, -0.2) is 29.6 Å². The number of rotatable bonds is 6. The molecule has 0 amide bonds. The van der Waals surface area contributed by atoms with E-state index < -0.39 is 12.0 Å². The van der Waals surface area contributed by atoms with Crippen molar-refractivity contribution in [2.24, 2.45) is 16.5 Å². The van der Waals surface area contributed by atoms with Crippen LogP contribution >= 0.6 is 16.1 Å². The molecule has 0 heterocycles. The fraction of sp³-hybridized carbons (Fsp3) is 0.667. The first kappa shape index (κ1) is 12.2. The van der Waals surface area contributed by atoms with Crippen molar-refractivity contribution in [3.8, 4) is 0 Å². The number of hydrogen-bond donors (Lipinski definition) is 4. The highest BCUT2D eigenvalue weighted by molar-refractivity contribution is 9.08. The van der Waals surface area contributed by atoms with E-state index in [1.165, 1.54) is 0 Å². The number of carboxylic acid groups (broad SMARTS) is 1. The molecular weight excluding hydrogens is 240 g/mol. The van der Waals surface area contributed by atoms with Gasteiger partial charge in [0.15, 0.2) is 5.96 Å². The first-order chi connectivity index (χ1) is 6.07. The molecule has 6 N–H and O–H groups in total. The summed E-state index contributed by atoms with van der Waals surface area (Å²) in [6.07, 6.45) is 1.09.